The van der Waals surface area contributed by atoms with Crippen LogP contribution in [0.3, 0.4) is 0 Å². The maximum Gasteiger partial charge on any atom is 0.123 e. The Kier molecular flexibility index (Phi) is 2.33. The first-order valence-electron chi connectivity index (χ1n) is 5.44. The molecule has 0 radical (unpaired) electrons. The van der Waals surface area contributed by atoms with Crippen molar-refractivity contribution in [2.75, 3.05) is 0 Å². The van der Waals surface area contributed by atoms with E-state index in [1.807, 2.05) is 24.3 Å². The lowest BCUT2D eigenvalue weighted by molar-refractivity contribution is 0.628. The molecule has 0 saturated heterocycles. The maximum absolute atomic E-state index is 12.8. The van der Waals surface area contributed by atoms with Gasteiger partial charge in [-0.25, -0.2) is 4.39 Å². The van der Waals surface area contributed by atoms with Crippen molar-refractivity contribution in [1.82, 2.24) is 4.98 Å². The van der Waals surface area contributed by atoms with Crippen LogP contribution in [0.4, 0.5) is 4.39 Å². The number of pyridine rings is 1. The summed E-state index contributed by atoms with van der Waals surface area (Å²) in [6.07, 6.45) is 1.78. The quantitative estimate of drug-likeness (QED) is 0.606. The summed E-state index contributed by atoms with van der Waals surface area (Å²) in [4.78, 5) is 4.27. The molecule has 3 rings (SSSR count). The Balaban J connectivity index is 2.14. The summed E-state index contributed by atoms with van der Waals surface area (Å²) in [6.45, 7) is 0. The van der Waals surface area contributed by atoms with Gasteiger partial charge in [0.05, 0.1) is 5.52 Å². The second kappa shape index (κ2) is 3.98. The third-order valence-electron chi connectivity index (χ3n) is 2.78. The predicted molar refractivity (Wildman–Crippen MR) is 67.1 cm³/mol. The minimum absolute atomic E-state index is 0.212. The van der Waals surface area contributed by atoms with Crippen molar-refractivity contribution in [2.45, 2.75) is 0 Å². The summed E-state index contributed by atoms with van der Waals surface area (Å²) in [5.74, 6) is -0.212. The van der Waals surface area contributed by atoms with Crippen molar-refractivity contribution in [1.29, 1.82) is 0 Å². The first-order chi connectivity index (χ1) is 8.33. The molecular formula is C15H10FN. The molecular weight excluding hydrogens is 213 g/mol. The van der Waals surface area contributed by atoms with E-state index >= 15 is 0 Å². The van der Waals surface area contributed by atoms with E-state index < -0.39 is 0 Å². The van der Waals surface area contributed by atoms with Crippen LogP contribution < -0.4 is 0 Å². The minimum atomic E-state index is -0.212. The summed E-state index contributed by atoms with van der Waals surface area (Å²) < 4.78 is 12.8. The Morgan fingerprint density at radius 3 is 2.41 bits per heavy atom. The van der Waals surface area contributed by atoms with Gasteiger partial charge in [-0.05, 0) is 41.5 Å². The van der Waals surface area contributed by atoms with Gasteiger partial charge in [-0.2, -0.15) is 0 Å². The molecule has 0 aliphatic heterocycles. The highest BCUT2D eigenvalue weighted by molar-refractivity contribution is 5.84. The van der Waals surface area contributed by atoms with E-state index in [0.717, 1.165) is 22.0 Å². The summed E-state index contributed by atoms with van der Waals surface area (Å²) in [5, 5.41) is 1.09. The van der Waals surface area contributed by atoms with E-state index in [9.17, 15) is 4.39 Å². The first-order valence-corrected chi connectivity index (χ1v) is 5.44. The summed E-state index contributed by atoms with van der Waals surface area (Å²) in [7, 11) is 0. The van der Waals surface area contributed by atoms with Crippen molar-refractivity contribution in [3.63, 3.8) is 0 Å². The number of aromatic nitrogens is 1. The first kappa shape index (κ1) is 9.97. The summed E-state index contributed by atoms with van der Waals surface area (Å²) in [5.41, 5.74) is 3.06. The lowest BCUT2D eigenvalue weighted by Crippen LogP contribution is -1.81. The second-order valence-electron chi connectivity index (χ2n) is 3.92. The molecule has 0 aliphatic rings. The van der Waals surface area contributed by atoms with Crippen LogP contribution in [0.5, 0.6) is 0 Å². The summed E-state index contributed by atoms with van der Waals surface area (Å²) in [6, 6.07) is 16.5. The molecule has 0 saturated carbocycles. The molecule has 1 nitrogen and oxygen atoms in total. The molecule has 0 atom stereocenters. The highest BCUT2D eigenvalue weighted by Gasteiger charge is 2.00. The fourth-order valence-electron chi connectivity index (χ4n) is 1.90. The van der Waals surface area contributed by atoms with E-state index in [1.165, 1.54) is 12.1 Å². The van der Waals surface area contributed by atoms with E-state index in [0.29, 0.717) is 0 Å². The molecule has 1 aromatic heterocycles. The van der Waals surface area contributed by atoms with Gasteiger partial charge >= 0.3 is 0 Å². The molecule has 2 heteroatoms. The average Bonchev–Trinajstić information content (AvgIpc) is 2.39. The molecule has 0 unspecified atom stereocenters. The zero-order valence-corrected chi connectivity index (χ0v) is 9.10. The van der Waals surface area contributed by atoms with Crippen LogP contribution in [0.2, 0.25) is 0 Å². The Hall–Kier alpha value is -2.22. The van der Waals surface area contributed by atoms with Gasteiger partial charge in [-0.1, -0.05) is 24.3 Å². The van der Waals surface area contributed by atoms with Gasteiger partial charge in [0.2, 0.25) is 0 Å². The lowest BCUT2D eigenvalue weighted by Gasteiger charge is -2.03. The van der Waals surface area contributed by atoms with Crippen LogP contribution in [-0.2, 0) is 0 Å². The predicted octanol–water partition coefficient (Wildman–Crippen LogP) is 4.04. The SMILES string of the molecule is Fc1ccc(-c2ccc3ncccc3c2)cc1. The molecule has 82 valence electrons. The fourth-order valence-corrected chi connectivity index (χ4v) is 1.90. The molecule has 0 N–H and O–H groups in total. The van der Waals surface area contributed by atoms with Crippen LogP contribution >= 0.6 is 0 Å². The second-order valence-corrected chi connectivity index (χ2v) is 3.92. The number of hydrogen-bond donors (Lipinski definition) is 0. The Morgan fingerprint density at radius 2 is 1.59 bits per heavy atom. The monoisotopic (exact) mass is 223 g/mol. The smallest absolute Gasteiger partial charge is 0.123 e. The number of rotatable bonds is 1. The van der Waals surface area contributed by atoms with Gasteiger partial charge in [0.25, 0.3) is 0 Å². The van der Waals surface area contributed by atoms with Crippen molar-refractivity contribution >= 4 is 10.9 Å². The largest absolute Gasteiger partial charge is 0.256 e. The van der Waals surface area contributed by atoms with Gasteiger partial charge in [-0.3, -0.25) is 4.98 Å². The molecule has 0 amide bonds. The van der Waals surface area contributed by atoms with Crippen LogP contribution in [0, 0.1) is 5.82 Å². The van der Waals surface area contributed by atoms with Crippen molar-refractivity contribution < 1.29 is 4.39 Å². The van der Waals surface area contributed by atoms with Crippen molar-refractivity contribution in [3.8, 4) is 11.1 Å². The highest BCUT2D eigenvalue weighted by Crippen LogP contribution is 2.23. The summed E-state index contributed by atoms with van der Waals surface area (Å²) >= 11 is 0. The Labute approximate surface area is 98.6 Å². The molecule has 0 bridgehead atoms. The molecule has 0 spiro atoms. The van der Waals surface area contributed by atoms with Gasteiger partial charge < -0.3 is 0 Å². The topological polar surface area (TPSA) is 12.9 Å². The van der Waals surface area contributed by atoms with E-state index in [1.54, 1.807) is 18.3 Å². The van der Waals surface area contributed by atoms with Gasteiger partial charge in [0.15, 0.2) is 0 Å². The standard InChI is InChI=1S/C15H10FN/c16-14-6-3-11(4-7-14)12-5-8-15-13(10-12)2-1-9-17-15/h1-10H. The number of nitrogens with zero attached hydrogens (tertiary/aromatic N) is 1. The van der Waals surface area contributed by atoms with E-state index in [4.69, 9.17) is 0 Å². The molecule has 3 aromatic rings. The maximum atomic E-state index is 12.8. The third-order valence-corrected chi connectivity index (χ3v) is 2.78. The zero-order chi connectivity index (χ0) is 11.7. The third kappa shape index (κ3) is 1.89. The normalized spacial score (nSPS) is 10.6. The molecule has 0 fully saturated rings. The van der Waals surface area contributed by atoms with Crippen LogP contribution in [0.15, 0.2) is 60.8 Å². The van der Waals surface area contributed by atoms with Crippen molar-refractivity contribution in [3.05, 3.63) is 66.6 Å². The number of hydrogen-bond acceptors (Lipinski definition) is 1. The molecule has 1 heterocycles. The number of halogens is 1. The molecule has 2 aromatic carbocycles. The van der Waals surface area contributed by atoms with Crippen LogP contribution in [0.25, 0.3) is 22.0 Å². The Morgan fingerprint density at radius 1 is 0.824 bits per heavy atom. The zero-order valence-electron chi connectivity index (χ0n) is 9.10. The van der Waals surface area contributed by atoms with Crippen molar-refractivity contribution in [2.24, 2.45) is 0 Å². The average molecular weight is 223 g/mol. The van der Waals surface area contributed by atoms with Gasteiger partial charge in [0, 0.05) is 11.6 Å². The van der Waals surface area contributed by atoms with Gasteiger partial charge in [-0.15, -0.1) is 0 Å². The molecule has 17 heavy (non-hydrogen) atoms. The van der Waals surface area contributed by atoms with E-state index in [2.05, 4.69) is 11.1 Å². The lowest BCUT2D eigenvalue weighted by atomic mass is 10.0. The number of fused-ring (bicyclic) bond motifs is 1. The fraction of sp³-hybridized carbons (Fsp3) is 0. The number of benzene rings is 2. The Bertz CT molecular complexity index is 659. The van der Waals surface area contributed by atoms with Crippen LogP contribution in [-0.4, -0.2) is 4.98 Å². The highest BCUT2D eigenvalue weighted by atomic mass is 19.1. The van der Waals surface area contributed by atoms with Crippen LogP contribution in [0.1, 0.15) is 0 Å². The van der Waals surface area contributed by atoms with Gasteiger partial charge in [0.1, 0.15) is 5.82 Å². The minimum Gasteiger partial charge on any atom is -0.256 e. The molecule has 0 aliphatic carbocycles. The van der Waals surface area contributed by atoms with E-state index in [-0.39, 0.29) is 5.82 Å².